The quantitative estimate of drug-likeness (QED) is 0.695. The van der Waals surface area contributed by atoms with Crippen LogP contribution < -0.4 is 5.32 Å². The second-order valence-electron chi connectivity index (χ2n) is 5.61. The van der Waals surface area contributed by atoms with E-state index in [-0.39, 0.29) is 12.5 Å². The van der Waals surface area contributed by atoms with Crippen LogP contribution in [-0.4, -0.2) is 22.2 Å². The number of fused-ring (bicyclic) bond motifs is 1. The van der Waals surface area contributed by atoms with Gasteiger partial charge in [0.05, 0.1) is 12.2 Å². The van der Waals surface area contributed by atoms with Gasteiger partial charge >= 0.3 is 0 Å². The van der Waals surface area contributed by atoms with Gasteiger partial charge in [-0.05, 0) is 49.9 Å². The van der Waals surface area contributed by atoms with E-state index in [4.69, 9.17) is 18.0 Å². The largest absolute Gasteiger partial charge is 0.340 e. The number of benzene rings is 1. The molecule has 1 N–H and O–H groups in total. The number of rotatable bonds is 3. The molecule has 1 aliphatic rings. The Hall–Kier alpha value is -2.25. The Bertz CT molecular complexity index is 756. The van der Waals surface area contributed by atoms with E-state index in [0.717, 1.165) is 42.6 Å². The van der Waals surface area contributed by atoms with E-state index < -0.39 is 0 Å². The molecule has 3 rings (SSSR count). The summed E-state index contributed by atoms with van der Waals surface area (Å²) in [5, 5.41) is 7.98. The Morgan fingerprint density at radius 3 is 2.74 bits per heavy atom. The molecule has 0 fully saturated rings. The van der Waals surface area contributed by atoms with Crippen LogP contribution >= 0.6 is 11.6 Å². The maximum Gasteiger partial charge on any atom is 0.272 e. The van der Waals surface area contributed by atoms with Crippen LogP contribution in [0.5, 0.6) is 0 Å². The highest BCUT2D eigenvalue weighted by atomic mass is 35.5. The highest BCUT2D eigenvalue weighted by molar-refractivity contribution is 6.30. The molecule has 4 nitrogen and oxygen atoms in total. The lowest BCUT2D eigenvalue weighted by Crippen LogP contribution is -2.25. The fraction of sp³-hybridized carbons (Fsp3) is 0.333. The van der Waals surface area contributed by atoms with Crippen molar-refractivity contribution >= 4 is 17.5 Å². The lowest BCUT2D eigenvalue weighted by atomic mass is 10.1. The molecule has 1 amide bonds. The number of hydrogen-bond donors (Lipinski definition) is 1. The third-order valence-corrected chi connectivity index (χ3v) is 4.32. The van der Waals surface area contributed by atoms with Gasteiger partial charge in [-0.3, -0.25) is 4.79 Å². The van der Waals surface area contributed by atoms with E-state index in [9.17, 15) is 4.79 Å². The minimum atomic E-state index is -0.200. The van der Waals surface area contributed by atoms with Gasteiger partial charge in [0, 0.05) is 16.3 Å². The molecule has 2 aromatic rings. The SMILES string of the molecule is C#CCNC(=O)c1nn(-c2ccc(Cl)cc2)c2c1CCCCC2. The van der Waals surface area contributed by atoms with E-state index in [2.05, 4.69) is 16.3 Å². The molecule has 0 saturated carbocycles. The van der Waals surface area contributed by atoms with Crippen molar-refractivity contribution in [3.63, 3.8) is 0 Å². The van der Waals surface area contributed by atoms with Gasteiger partial charge in [0.15, 0.2) is 5.69 Å². The summed E-state index contributed by atoms with van der Waals surface area (Å²) in [5.41, 5.74) is 3.58. The fourth-order valence-electron chi connectivity index (χ4n) is 2.97. The number of nitrogens with zero attached hydrogens (tertiary/aromatic N) is 2. The third-order valence-electron chi connectivity index (χ3n) is 4.07. The fourth-order valence-corrected chi connectivity index (χ4v) is 3.10. The number of amides is 1. The first-order chi connectivity index (χ1) is 11.2. The molecular weight excluding hydrogens is 310 g/mol. The minimum absolute atomic E-state index is 0.200. The van der Waals surface area contributed by atoms with Gasteiger partial charge in [-0.1, -0.05) is 23.9 Å². The number of nitrogens with one attached hydrogen (secondary N) is 1. The molecule has 1 aromatic heterocycles. The first-order valence-electron chi connectivity index (χ1n) is 7.79. The first-order valence-corrected chi connectivity index (χ1v) is 8.17. The van der Waals surface area contributed by atoms with Gasteiger partial charge in [0.2, 0.25) is 0 Å². The van der Waals surface area contributed by atoms with Gasteiger partial charge in [-0.25, -0.2) is 4.68 Å². The molecule has 0 spiro atoms. The third kappa shape index (κ3) is 3.25. The Morgan fingerprint density at radius 1 is 1.26 bits per heavy atom. The summed E-state index contributed by atoms with van der Waals surface area (Å²) in [4.78, 5) is 12.4. The van der Waals surface area contributed by atoms with Gasteiger partial charge < -0.3 is 5.32 Å². The van der Waals surface area contributed by atoms with Crippen LogP contribution in [0.25, 0.3) is 5.69 Å². The number of hydrogen-bond acceptors (Lipinski definition) is 2. The second-order valence-corrected chi connectivity index (χ2v) is 6.05. The summed E-state index contributed by atoms with van der Waals surface area (Å²) in [6.07, 6.45) is 10.4. The number of halogens is 1. The smallest absolute Gasteiger partial charge is 0.272 e. The van der Waals surface area contributed by atoms with Gasteiger partial charge in [0.1, 0.15) is 0 Å². The summed E-state index contributed by atoms with van der Waals surface area (Å²) < 4.78 is 1.88. The molecular formula is C18H18ClN3O. The van der Waals surface area contributed by atoms with Crippen molar-refractivity contribution in [2.45, 2.75) is 32.1 Å². The van der Waals surface area contributed by atoms with Gasteiger partial charge in [-0.15, -0.1) is 6.42 Å². The van der Waals surface area contributed by atoms with Crippen LogP contribution in [-0.2, 0) is 12.8 Å². The molecule has 1 aromatic carbocycles. The van der Waals surface area contributed by atoms with Crippen molar-refractivity contribution in [3.8, 4) is 18.0 Å². The predicted octanol–water partition coefficient (Wildman–Crippen LogP) is 3.16. The van der Waals surface area contributed by atoms with Crippen molar-refractivity contribution in [2.75, 3.05) is 6.54 Å². The van der Waals surface area contributed by atoms with Gasteiger partial charge in [-0.2, -0.15) is 5.10 Å². The van der Waals surface area contributed by atoms with Crippen LogP contribution in [0, 0.1) is 12.3 Å². The lowest BCUT2D eigenvalue weighted by Gasteiger charge is -2.07. The monoisotopic (exact) mass is 327 g/mol. The van der Waals surface area contributed by atoms with E-state index in [1.54, 1.807) is 0 Å². The molecule has 0 atom stereocenters. The summed E-state index contributed by atoms with van der Waals surface area (Å²) in [7, 11) is 0. The zero-order valence-corrected chi connectivity index (χ0v) is 13.6. The van der Waals surface area contributed by atoms with Crippen LogP contribution in [0.1, 0.15) is 41.0 Å². The molecule has 1 aliphatic carbocycles. The van der Waals surface area contributed by atoms with Crippen molar-refractivity contribution in [3.05, 3.63) is 46.2 Å². The molecule has 0 bridgehead atoms. The second kappa shape index (κ2) is 6.89. The number of aromatic nitrogens is 2. The molecule has 118 valence electrons. The molecule has 23 heavy (non-hydrogen) atoms. The molecule has 1 heterocycles. The Balaban J connectivity index is 2.06. The summed E-state index contributed by atoms with van der Waals surface area (Å²) in [6.45, 7) is 0.210. The summed E-state index contributed by atoms with van der Waals surface area (Å²) >= 11 is 5.97. The minimum Gasteiger partial charge on any atom is -0.340 e. The van der Waals surface area contributed by atoms with Crippen LogP contribution in [0.4, 0.5) is 0 Å². The average Bonchev–Trinajstić information content (AvgIpc) is 2.75. The first kappa shape index (κ1) is 15.6. The molecule has 0 saturated heterocycles. The topological polar surface area (TPSA) is 46.9 Å². The zero-order chi connectivity index (χ0) is 16.2. The van der Waals surface area contributed by atoms with E-state index in [0.29, 0.717) is 10.7 Å². The number of carbonyl (C=O) groups excluding carboxylic acids is 1. The highest BCUT2D eigenvalue weighted by Gasteiger charge is 2.24. The van der Waals surface area contributed by atoms with E-state index in [1.807, 2.05) is 28.9 Å². The zero-order valence-electron chi connectivity index (χ0n) is 12.8. The Morgan fingerprint density at radius 2 is 2.00 bits per heavy atom. The molecule has 0 radical (unpaired) electrons. The number of terminal acetylenes is 1. The molecule has 0 unspecified atom stereocenters. The van der Waals surface area contributed by atoms with Crippen LogP contribution in [0.2, 0.25) is 5.02 Å². The number of carbonyl (C=O) groups is 1. The van der Waals surface area contributed by atoms with Crippen LogP contribution in [0.15, 0.2) is 24.3 Å². The normalized spacial score (nSPS) is 13.7. The average molecular weight is 328 g/mol. The van der Waals surface area contributed by atoms with Gasteiger partial charge in [0.25, 0.3) is 5.91 Å². The molecule has 0 aliphatic heterocycles. The summed E-state index contributed by atoms with van der Waals surface area (Å²) in [6, 6.07) is 7.51. The van der Waals surface area contributed by atoms with Crippen molar-refractivity contribution in [2.24, 2.45) is 0 Å². The Kier molecular flexibility index (Phi) is 4.68. The summed E-state index contributed by atoms with van der Waals surface area (Å²) in [5.74, 6) is 2.22. The Labute approximate surface area is 140 Å². The van der Waals surface area contributed by atoms with E-state index >= 15 is 0 Å². The predicted molar refractivity (Wildman–Crippen MR) is 91.0 cm³/mol. The highest BCUT2D eigenvalue weighted by Crippen LogP contribution is 2.26. The van der Waals surface area contributed by atoms with Crippen molar-refractivity contribution < 1.29 is 4.79 Å². The maximum atomic E-state index is 12.4. The standard InChI is InChI=1S/C18H18ClN3O/c1-2-12-20-18(23)17-15-6-4-3-5-7-16(15)22(21-17)14-10-8-13(19)9-11-14/h1,8-11H,3-7,12H2,(H,20,23). The lowest BCUT2D eigenvalue weighted by molar-refractivity contribution is 0.0952. The van der Waals surface area contributed by atoms with Crippen LogP contribution in [0.3, 0.4) is 0 Å². The van der Waals surface area contributed by atoms with Crippen molar-refractivity contribution in [1.82, 2.24) is 15.1 Å². The molecule has 5 heteroatoms. The maximum absolute atomic E-state index is 12.4. The van der Waals surface area contributed by atoms with Crippen molar-refractivity contribution in [1.29, 1.82) is 0 Å². The van der Waals surface area contributed by atoms with E-state index in [1.165, 1.54) is 6.42 Å².